The van der Waals surface area contributed by atoms with Crippen LogP contribution in [0.1, 0.15) is 119 Å². The molecule has 0 aromatic heterocycles. The maximum Gasteiger partial charge on any atom is 0.508 e. The largest absolute Gasteiger partial charge is 0.508 e. The van der Waals surface area contributed by atoms with Crippen molar-refractivity contribution in [1.82, 2.24) is 0 Å². The summed E-state index contributed by atoms with van der Waals surface area (Å²) >= 11 is 0. The van der Waals surface area contributed by atoms with Crippen LogP contribution in [0.3, 0.4) is 0 Å². The minimum absolute atomic E-state index is 0.0985. The maximum absolute atomic E-state index is 12.5. The van der Waals surface area contributed by atoms with E-state index in [1.54, 1.807) is 0 Å². The molecule has 0 bridgehead atoms. The Morgan fingerprint density at radius 2 is 1.57 bits per heavy atom. The third kappa shape index (κ3) is 9.11. The van der Waals surface area contributed by atoms with Gasteiger partial charge in [-0.1, -0.05) is 54.4 Å². The molecule has 4 rings (SSSR count). The van der Waals surface area contributed by atoms with Crippen molar-refractivity contribution >= 4 is 14.0 Å². The predicted molar refractivity (Wildman–Crippen MR) is 183 cm³/mol. The number of carbonyl (C=O) groups excluding carboxylic acids is 1. The lowest BCUT2D eigenvalue weighted by Gasteiger charge is -2.61. The van der Waals surface area contributed by atoms with Gasteiger partial charge in [0.15, 0.2) is 0 Å². The predicted octanol–water partition coefficient (Wildman–Crippen LogP) is 9.11. The Morgan fingerprint density at radius 1 is 0.891 bits per heavy atom. The Kier molecular flexibility index (Phi) is 12.8. The van der Waals surface area contributed by atoms with Crippen LogP contribution in [0.5, 0.6) is 0 Å². The van der Waals surface area contributed by atoms with Gasteiger partial charge in [-0.3, -0.25) is 9.05 Å². The highest BCUT2D eigenvalue weighted by molar-refractivity contribution is 7.47. The number of carbonyl (C=O) groups is 1. The van der Waals surface area contributed by atoms with E-state index in [1.165, 1.54) is 57.8 Å². The van der Waals surface area contributed by atoms with Gasteiger partial charge in [-0.15, -0.1) is 0 Å². The lowest BCUT2D eigenvalue weighted by atomic mass is 9.44. The number of fused-ring (bicyclic) bond motifs is 5. The summed E-state index contributed by atoms with van der Waals surface area (Å²) in [6.45, 7) is 15.3. The van der Waals surface area contributed by atoms with Gasteiger partial charge in [-0.25, -0.2) is 9.36 Å². The molecule has 4 aliphatic carbocycles. The van der Waals surface area contributed by atoms with Gasteiger partial charge in [-0.05, 0) is 122 Å². The number of quaternary nitrogens is 1. The fraction of sp³-hybridized carbons (Fsp3) is 0.973. The molecule has 8 nitrogen and oxygen atoms in total. The molecular formula is C37H69NO7P+. The van der Waals surface area contributed by atoms with Crippen LogP contribution in [0, 0.1) is 58.2 Å². The molecule has 0 amide bonds. The second-order valence-corrected chi connectivity index (χ2v) is 19.1. The van der Waals surface area contributed by atoms with E-state index in [2.05, 4.69) is 41.5 Å². The molecule has 9 heteroatoms. The zero-order chi connectivity index (χ0) is 33.9. The smallest absolute Gasteiger partial charge is 0.432 e. The molecule has 0 heterocycles. The molecule has 4 aliphatic rings. The Labute approximate surface area is 281 Å². The molecule has 0 aromatic rings. The number of rotatable bonds is 15. The van der Waals surface area contributed by atoms with Crippen molar-refractivity contribution in [3.8, 4) is 0 Å². The van der Waals surface area contributed by atoms with E-state index < -0.39 is 14.0 Å². The summed E-state index contributed by atoms with van der Waals surface area (Å²) in [4.78, 5) is 22.4. The van der Waals surface area contributed by atoms with Crippen molar-refractivity contribution in [2.24, 2.45) is 58.2 Å². The van der Waals surface area contributed by atoms with Crippen LogP contribution in [-0.2, 0) is 23.1 Å². The lowest BCUT2D eigenvalue weighted by molar-refractivity contribution is -0.870. The molecule has 11 atom stereocenters. The lowest BCUT2D eigenvalue weighted by Crippen LogP contribution is -2.54. The van der Waals surface area contributed by atoms with Gasteiger partial charge in [0, 0.05) is 0 Å². The van der Waals surface area contributed by atoms with Crippen LogP contribution >= 0.6 is 7.82 Å². The minimum Gasteiger partial charge on any atom is -0.432 e. The van der Waals surface area contributed by atoms with E-state index in [0.717, 1.165) is 60.7 Å². The van der Waals surface area contributed by atoms with Crippen LogP contribution in [-0.4, -0.2) is 69.1 Å². The van der Waals surface area contributed by atoms with Crippen molar-refractivity contribution in [3.63, 3.8) is 0 Å². The number of ether oxygens (including phenoxy) is 2. The standard InChI is InChI=1S/C37H68NO7P/c1-10-28(26(2)3)12-11-27(4)32-15-16-33-31-14-13-29-25-30(17-19-36(29,5)34(31)18-20-37(32,33)6)45-35(39)42-23-24-44-46(40,41)43-22-21-38(7,8)9/h26-34H,10-25H2,1-9H3/p+1/t27-,28-,29+,30?,31+,32-,33+,34+,36+,37-/m1/s1. The van der Waals surface area contributed by atoms with Crippen molar-refractivity contribution < 1.29 is 37.3 Å². The fourth-order valence-corrected chi connectivity index (χ4v) is 11.6. The number of phosphoric acid groups is 1. The summed E-state index contributed by atoms with van der Waals surface area (Å²) in [5.74, 6) is 6.43. The van der Waals surface area contributed by atoms with Crippen LogP contribution in [0.2, 0.25) is 0 Å². The van der Waals surface area contributed by atoms with Crippen molar-refractivity contribution in [2.45, 2.75) is 125 Å². The van der Waals surface area contributed by atoms with Crippen LogP contribution in [0.15, 0.2) is 0 Å². The molecule has 0 saturated heterocycles. The third-order valence-electron chi connectivity index (χ3n) is 13.7. The normalized spacial score (nSPS) is 37.0. The van der Waals surface area contributed by atoms with E-state index >= 15 is 0 Å². The Hall–Kier alpha value is -0.660. The third-order valence-corrected chi connectivity index (χ3v) is 14.7. The summed E-state index contributed by atoms with van der Waals surface area (Å²) < 4.78 is 33.6. The molecule has 268 valence electrons. The van der Waals surface area contributed by atoms with Gasteiger partial charge in [0.1, 0.15) is 25.9 Å². The Bertz CT molecular complexity index is 1050. The molecule has 4 fully saturated rings. The molecule has 0 spiro atoms. The first-order valence-electron chi connectivity index (χ1n) is 18.7. The van der Waals surface area contributed by atoms with Gasteiger partial charge >= 0.3 is 14.0 Å². The first kappa shape index (κ1) is 38.1. The molecule has 0 aromatic carbocycles. The minimum atomic E-state index is -4.18. The van der Waals surface area contributed by atoms with Gasteiger partial charge < -0.3 is 18.9 Å². The van der Waals surface area contributed by atoms with Gasteiger partial charge in [0.25, 0.3) is 0 Å². The summed E-state index contributed by atoms with van der Waals surface area (Å²) in [6, 6.07) is 0. The summed E-state index contributed by atoms with van der Waals surface area (Å²) in [6.07, 6.45) is 14.3. The molecule has 2 unspecified atom stereocenters. The first-order chi connectivity index (χ1) is 21.5. The molecular weight excluding hydrogens is 601 g/mol. The molecule has 0 radical (unpaired) electrons. The topological polar surface area (TPSA) is 91.3 Å². The van der Waals surface area contributed by atoms with Gasteiger partial charge in [0.2, 0.25) is 0 Å². The summed E-state index contributed by atoms with van der Waals surface area (Å²) in [7, 11) is 1.72. The van der Waals surface area contributed by atoms with Crippen LogP contribution in [0.25, 0.3) is 0 Å². The number of phosphoric ester groups is 1. The number of hydrogen-bond donors (Lipinski definition) is 1. The Morgan fingerprint density at radius 3 is 2.24 bits per heavy atom. The SMILES string of the molecule is CC[C@H](CC[C@@H](C)[C@H]1CC[C@H]2[C@@H]3CC[C@H]4CC(OC(=O)OCCOP(=O)(O)OCC[N+](C)(C)C)CC[C@]4(C)[C@H]3CC[C@]12C)C(C)C. The zero-order valence-electron chi connectivity index (χ0n) is 30.8. The zero-order valence-corrected chi connectivity index (χ0v) is 31.7. The second-order valence-electron chi connectivity index (χ2n) is 17.6. The second kappa shape index (κ2) is 15.5. The average molecular weight is 671 g/mol. The van der Waals surface area contributed by atoms with E-state index in [9.17, 15) is 14.3 Å². The maximum atomic E-state index is 12.5. The molecule has 46 heavy (non-hydrogen) atoms. The Balaban J connectivity index is 1.23. The van der Waals surface area contributed by atoms with E-state index in [0.29, 0.717) is 27.8 Å². The molecule has 0 aliphatic heterocycles. The summed E-state index contributed by atoms with van der Waals surface area (Å²) in [5.41, 5.74) is 0.823. The van der Waals surface area contributed by atoms with Crippen molar-refractivity contribution in [2.75, 3.05) is 47.5 Å². The number of hydrogen-bond acceptors (Lipinski definition) is 6. The monoisotopic (exact) mass is 670 g/mol. The van der Waals surface area contributed by atoms with E-state index in [4.69, 9.17) is 18.5 Å². The van der Waals surface area contributed by atoms with Crippen molar-refractivity contribution in [3.05, 3.63) is 0 Å². The van der Waals surface area contributed by atoms with Gasteiger partial charge in [0.05, 0.1) is 27.7 Å². The fourth-order valence-electron chi connectivity index (χ4n) is 10.9. The van der Waals surface area contributed by atoms with E-state index in [1.807, 2.05) is 21.1 Å². The number of likely N-dealkylation sites (N-methyl/N-ethyl adjacent to an activating group) is 1. The molecule has 1 N–H and O–H groups in total. The van der Waals surface area contributed by atoms with Crippen LogP contribution in [0.4, 0.5) is 4.79 Å². The van der Waals surface area contributed by atoms with Crippen LogP contribution < -0.4 is 0 Å². The first-order valence-corrected chi connectivity index (χ1v) is 20.2. The highest BCUT2D eigenvalue weighted by atomic mass is 31.2. The average Bonchev–Trinajstić information content (AvgIpc) is 3.32. The molecule has 4 saturated carbocycles. The quantitative estimate of drug-likeness (QED) is 0.0804. The number of nitrogens with zero attached hydrogens (tertiary/aromatic N) is 1. The van der Waals surface area contributed by atoms with Gasteiger partial charge in [-0.2, -0.15) is 0 Å². The van der Waals surface area contributed by atoms with Crippen molar-refractivity contribution in [1.29, 1.82) is 0 Å². The highest BCUT2D eigenvalue weighted by Gasteiger charge is 2.60. The highest BCUT2D eigenvalue weighted by Crippen LogP contribution is 2.68. The summed E-state index contributed by atoms with van der Waals surface area (Å²) in [5, 5.41) is 0. The van der Waals surface area contributed by atoms with E-state index in [-0.39, 0.29) is 25.9 Å².